The van der Waals surface area contributed by atoms with Gasteiger partial charge in [0.2, 0.25) is 0 Å². The first kappa shape index (κ1) is 25.0. The maximum Gasteiger partial charge on any atom is 0.295 e. The van der Waals surface area contributed by atoms with Gasteiger partial charge in [0, 0.05) is 23.1 Å². The Morgan fingerprint density at radius 2 is 1.79 bits per heavy atom. The van der Waals surface area contributed by atoms with Crippen LogP contribution < -0.4 is 4.74 Å². The molecule has 0 aliphatic carbocycles. The summed E-state index contributed by atoms with van der Waals surface area (Å²) in [6.45, 7) is 9.52. The third-order valence-electron chi connectivity index (χ3n) is 5.86. The zero-order chi connectivity index (χ0) is 24.0. The molecule has 1 fully saturated rings. The molecule has 6 nitrogen and oxygen atoms in total. The quantitative estimate of drug-likeness (QED) is 0.274. The van der Waals surface area contributed by atoms with Crippen LogP contribution in [0.2, 0.25) is 0 Å². The molecule has 1 heterocycles. The number of hydrogen-bond acceptors (Lipinski definition) is 5. The van der Waals surface area contributed by atoms with E-state index < -0.39 is 17.7 Å². The maximum atomic E-state index is 13.1. The molecule has 1 saturated heterocycles. The van der Waals surface area contributed by atoms with Gasteiger partial charge >= 0.3 is 0 Å². The SMILES string of the molecule is CCCOc1ccc(/C(O)=C2\C(=O)C(=O)N(CCN(CC)CC)C2c2cccc(Br)c2)cc1. The number of hydrogen-bond donors (Lipinski definition) is 1. The van der Waals surface area contributed by atoms with Gasteiger partial charge in [-0.3, -0.25) is 9.59 Å². The monoisotopic (exact) mass is 514 g/mol. The van der Waals surface area contributed by atoms with Crippen LogP contribution in [0.15, 0.2) is 58.6 Å². The lowest BCUT2D eigenvalue weighted by Gasteiger charge is -2.28. The van der Waals surface area contributed by atoms with Crippen molar-refractivity contribution in [2.24, 2.45) is 0 Å². The van der Waals surface area contributed by atoms with E-state index in [1.165, 1.54) is 0 Å². The molecular formula is C26H31BrN2O4. The van der Waals surface area contributed by atoms with Crippen LogP contribution in [0.4, 0.5) is 0 Å². The van der Waals surface area contributed by atoms with Crippen LogP contribution in [-0.2, 0) is 9.59 Å². The number of likely N-dealkylation sites (N-methyl/N-ethyl adjacent to an activating group) is 1. The molecule has 176 valence electrons. The number of rotatable bonds is 10. The minimum atomic E-state index is -0.664. The van der Waals surface area contributed by atoms with Crippen LogP contribution in [0.25, 0.3) is 5.76 Å². The van der Waals surface area contributed by atoms with E-state index in [0.717, 1.165) is 29.5 Å². The summed E-state index contributed by atoms with van der Waals surface area (Å²) < 4.78 is 6.45. The third-order valence-corrected chi connectivity index (χ3v) is 6.35. The van der Waals surface area contributed by atoms with Gasteiger partial charge in [-0.25, -0.2) is 0 Å². The first-order chi connectivity index (χ1) is 15.9. The number of aliphatic hydroxyl groups is 1. The summed E-state index contributed by atoms with van der Waals surface area (Å²) in [4.78, 5) is 30.0. The van der Waals surface area contributed by atoms with E-state index in [4.69, 9.17) is 4.74 Å². The van der Waals surface area contributed by atoms with Crippen LogP contribution in [0.5, 0.6) is 5.75 Å². The number of ether oxygens (including phenoxy) is 1. The molecule has 2 aromatic carbocycles. The van der Waals surface area contributed by atoms with E-state index in [-0.39, 0.29) is 11.3 Å². The van der Waals surface area contributed by atoms with Crippen LogP contribution in [0, 0.1) is 0 Å². The second-order valence-electron chi connectivity index (χ2n) is 7.95. The van der Waals surface area contributed by atoms with Crippen molar-refractivity contribution in [3.63, 3.8) is 0 Å². The number of aliphatic hydroxyl groups excluding tert-OH is 1. The molecule has 0 aromatic heterocycles. The van der Waals surface area contributed by atoms with Crippen LogP contribution >= 0.6 is 15.9 Å². The number of carbonyl (C=O) groups excluding carboxylic acids is 2. The van der Waals surface area contributed by atoms with Gasteiger partial charge in [0.25, 0.3) is 11.7 Å². The van der Waals surface area contributed by atoms with E-state index in [1.807, 2.05) is 31.2 Å². The lowest BCUT2D eigenvalue weighted by Crippen LogP contribution is -2.38. The average molecular weight is 515 g/mol. The van der Waals surface area contributed by atoms with E-state index >= 15 is 0 Å². The molecule has 7 heteroatoms. The van der Waals surface area contributed by atoms with Crippen LogP contribution in [0.1, 0.15) is 44.4 Å². The molecule has 2 aromatic rings. The van der Waals surface area contributed by atoms with E-state index in [9.17, 15) is 14.7 Å². The number of carbonyl (C=O) groups is 2. The van der Waals surface area contributed by atoms with Crippen LogP contribution in [0.3, 0.4) is 0 Å². The normalized spacial score (nSPS) is 17.7. The van der Waals surface area contributed by atoms with Gasteiger partial charge in [0.05, 0.1) is 18.2 Å². The van der Waals surface area contributed by atoms with Gasteiger partial charge in [0.1, 0.15) is 11.5 Å². The Kier molecular flexibility index (Phi) is 8.69. The Bertz CT molecular complexity index is 1020. The van der Waals surface area contributed by atoms with Gasteiger partial charge in [-0.2, -0.15) is 0 Å². The zero-order valence-corrected chi connectivity index (χ0v) is 21.0. The molecule has 0 bridgehead atoms. The number of benzene rings is 2. The molecule has 0 spiro atoms. The lowest BCUT2D eigenvalue weighted by atomic mass is 9.95. The molecule has 1 atom stereocenters. The molecule has 1 aliphatic rings. The van der Waals surface area contributed by atoms with Gasteiger partial charge < -0.3 is 19.6 Å². The predicted octanol–water partition coefficient (Wildman–Crippen LogP) is 5.00. The number of nitrogens with zero attached hydrogens (tertiary/aromatic N) is 2. The summed E-state index contributed by atoms with van der Waals surface area (Å²) in [6.07, 6.45) is 0.894. The molecule has 1 amide bonds. The lowest BCUT2D eigenvalue weighted by molar-refractivity contribution is -0.140. The average Bonchev–Trinajstić information content (AvgIpc) is 3.08. The smallest absolute Gasteiger partial charge is 0.295 e. The van der Waals surface area contributed by atoms with Crippen molar-refractivity contribution in [3.05, 3.63) is 69.7 Å². The van der Waals surface area contributed by atoms with Gasteiger partial charge in [0.15, 0.2) is 0 Å². The summed E-state index contributed by atoms with van der Waals surface area (Å²) in [5.74, 6) is -0.734. The standard InChI is InChI=1S/C26H31BrN2O4/c1-4-16-33-21-12-10-18(11-13-21)24(30)22-23(19-8-7-9-20(27)17-19)29(26(32)25(22)31)15-14-28(5-2)6-3/h7-13,17,23,30H,4-6,14-16H2,1-3H3/b24-22+. The highest BCUT2D eigenvalue weighted by Crippen LogP contribution is 2.40. The van der Waals surface area contributed by atoms with Crippen LogP contribution in [-0.4, -0.2) is 59.4 Å². The minimum absolute atomic E-state index is 0.111. The highest BCUT2D eigenvalue weighted by atomic mass is 79.9. The Labute approximate surface area is 204 Å². The summed E-state index contributed by atoms with van der Waals surface area (Å²) in [6, 6.07) is 13.8. The Hall–Kier alpha value is -2.64. The molecule has 0 radical (unpaired) electrons. The highest BCUT2D eigenvalue weighted by molar-refractivity contribution is 9.10. The second kappa shape index (κ2) is 11.5. The number of amides is 1. The fraction of sp³-hybridized carbons (Fsp3) is 0.385. The van der Waals surface area contributed by atoms with Crippen molar-refractivity contribution in [1.82, 2.24) is 9.80 Å². The molecule has 1 unspecified atom stereocenters. The maximum absolute atomic E-state index is 13.1. The summed E-state index contributed by atoms with van der Waals surface area (Å²) in [5, 5.41) is 11.2. The molecule has 0 saturated carbocycles. The fourth-order valence-electron chi connectivity index (χ4n) is 4.01. The summed E-state index contributed by atoms with van der Waals surface area (Å²) in [7, 11) is 0. The van der Waals surface area contributed by atoms with Crippen molar-refractivity contribution < 1.29 is 19.4 Å². The van der Waals surface area contributed by atoms with Crippen molar-refractivity contribution in [2.75, 3.05) is 32.8 Å². The zero-order valence-electron chi connectivity index (χ0n) is 19.4. The van der Waals surface area contributed by atoms with Crippen molar-refractivity contribution >= 4 is 33.4 Å². The van der Waals surface area contributed by atoms with Gasteiger partial charge in [-0.15, -0.1) is 0 Å². The Morgan fingerprint density at radius 3 is 2.39 bits per heavy atom. The number of likely N-dealkylation sites (tertiary alicyclic amines) is 1. The molecule has 1 aliphatic heterocycles. The topological polar surface area (TPSA) is 70.1 Å². The number of Topliss-reactive ketones (excluding diaryl/α,β-unsaturated/α-hetero) is 1. The summed E-state index contributed by atoms with van der Waals surface area (Å²) >= 11 is 3.49. The van der Waals surface area contributed by atoms with Crippen molar-refractivity contribution in [3.8, 4) is 5.75 Å². The van der Waals surface area contributed by atoms with E-state index in [0.29, 0.717) is 31.0 Å². The Morgan fingerprint density at radius 1 is 1.09 bits per heavy atom. The summed E-state index contributed by atoms with van der Waals surface area (Å²) in [5.41, 5.74) is 1.35. The first-order valence-corrected chi connectivity index (χ1v) is 12.2. The molecule has 33 heavy (non-hydrogen) atoms. The Balaban J connectivity index is 2.03. The minimum Gasteiger partial charge on any atom is -0.507 e. The second-order valence-corrected chi connectivity index (χ2v) is 8.86. The number of ketones is 1. The third kappa shape index (κ3) is 5.65. The molecule has 1 N–H and O–H groups in total. The van der Waals surface area contributed by atoms with Crippen molar-refractivity contribution in [1.29, 1.82) is 0 Å². The van der Waals surface area contributed by atoms with Gasteiger partial charge in [-0.1, -0.05) is 48.8 Å². The molecular weight excluding hydrogens is 484 g/mol. The first-order valence-electron chi connectivity index (χ1n) is 11.4. The predicted molar refractivity (Wildman–Crippen MR) is 133 cm³/mol. The largest absolute Gasteiger partial charge is 0.507 e. The van der Waals surface area contributed by atoms with E-state index in [1.54, 1.807) is 29.2 Å². The van der Waals surface area contributed by atoms with E-state index in [2.05, 4.69) is 34.7 Å². The van der Waals surface area contributed by atoms with Gasteiger partial charge in [-0.05, 0) is 61.5 Å². The highest BCUT2D eigenvalue weighted by Gasteiger charge is 2.46. The molecule has 3 rings (SSSR count). The fourth-order valence-corrected chi connectivity index (χ4v) is 4.42. The number of halogens is 1. The van der Waals surface area contributed by atoms with Crippen molar-refractivity contribution in [2.45, 2.75) is 33.2 Å².